The van der Waals surface area contributed by atoms with E-state index in [4.69, 9.17) is 10.5 Å². The van der Waals surface area contributed by atoms with Crippen molar-refractivity contribution in [1.82, 2.24) is 15.3 Å². The third-order valence-corrected chi connectivity index (χ3v) is 4.35. The fraction of sp³-hybridized carbons (Fsp3) is 0.500. The molecule has 0 aliphatic heterocycles. The van der Waals surface area contributed by atoms with Crippen molar-refractivity contribution in [3.8, 4) is 5.88 Å². The number of ether oxygens (including phenoxy) is 1. The molecule has 1 aliphatic carbocycles. The molecular formula is C16H21FN4O2. The summed E-state index contributed by atoms with van der Waals surface area (Å²) < 4.78 is 19.3. The van der Waals surface area contributed by atoms with Crippen molar-refractivity contribution >= 4 is 11.0 Å². The summed E-state index contributed by atoms with van der Waals surface area (Å²) in [6.07, 6.45) is 3.16. The molecule has 23 heavy (non-hydrogen) atoms. The maximum atomic E-state index is 14.2. The average Bonchev–Trinajstić information content (AvgIpc) is 2.55. The number of halogens is 1. The van der Waals surface area contributed by atoms with E-state index in [1.807, 2.05) is 0 Å². The first-order valence-corrected chi connectivity index (χ1v) is 7.73. The lowest BCUT2D eigenvalue weighted by molar-refractivity contribution is 0.0817. The molecule has 124 valence electrons. The molecule has 1 aromatic carbocycles. The minimum absolute atomic E-state index is 0.0347. The van der Waals surface area contributed by atoms with Crippen molar-refractivity contribution in [1.29, 1.82) is 0 Å². The number of hydrogen-bond donors (Lipinski definition) is 3. The molecule has 0 bridgehead atoms. The fourth-order valence-corrected chi connectivity index (χ4v) is 3.01. The van der Waals surface area contributed by atoms with Crippen molar-refractivity contribution in [2.45, 2.75) is 44.0 Å². The molecule has 0 radical (unpaired) electrons. The Morgan fingerprint density at radius 2 is 2.26 bits per heavy atom. The number of aliphatic hydroxyl groups is 1. The third kappa shape index (κ3) is 3.41. The molecule has 1 aromatic heterocycles. The zero-order chi connectivity index (χ0) is 16.4. The highest BCUT2D eigenvalue weighted by atomic mass is 19.1. The van der Waals surface area contributed by atoms with E-state index >= 15 is 0 Å². The predicted octanol–water partition coefficient (Wildman–Crippen LogP) is 1.11. The lowest BCUT2D eigenvalue weighted by Crippen LogP contribution is -2.47. The Balaban J connectivity index is 1.83. The van der Waals surface area contributed by atoms with Crippen LogP contribution >= 0.6 is 0 Å². The van der Waals surface area contributed by atoms with Crippen LogP contribution in [0.3, 0.4) is 0 Å². The summed E-state index contributed by atoms with van der Waals surface area (Å²) in [5, 5.41) is 13.3. The number of nitrogens with zero attached hydrogens (tertiary/aromatic N) is 2. The molecule has 1 aliphatic rings. The Kier molecular flexibility index (Phi) is 4.70. The van der Waals surface area contributed by atoms with Gasteiger partial charge in [-0.1, -0.05) is 0 Å². The van der Waals surface area contributed by atoms with Gasteiger partial charge in [-0.05, 0) is 31.4 Å². The van der Waals surface area contributed by atoms with Crippen molar-refractivity contribution in [2.75, 3.05) is 7.11 Å². The van der Waals surface area contributed by atoms with Crippen LogP contribution < -0.4 is 15.8 Å². The van der Waals surface area contributed by atoms with Crippen LogP contribution in [0.5, 0.6) is 5.88 Å². The van der Waals surface area contributed by atoms with Gasteiger partial charge in [-0.2, -0.15) is 0 Å². The van der Waals surface area contributed by atoms with Gasteiger partial charge in [0.05, 0.1) is 24.9 Å². The summed E-state index contributed by atoms with van der Waals surface area (Å²) in [7, 11) is 1.49. The van der Waals surface area contributed by atoms with E-state index in [9.17, 15) is 9.50 Å². The summed E-state index contributed by atoms with van der Waals surface area (Å²) in [5.74, 6) is -0.0115. The smallest absolute Gasteiger partial charge is 0.232 e. The number of aromatic nitrogens is 2. The van der Waals surface area contributed by atoms with Crippen LogP contribution in [-0.4, -0.2) is 40.4 Å². The SMILES string of the molecule is COc1cnc2ccc(F)c(CN[C@H]3CC[C@H](N)C[C@H]3O)c2n1. The molecule has 1 saturated carbocycles. The second kappa shape index (κ2) is 6.74. The van der Waals surface area contributed by atoms with E-state index in [1.165, 1.54) is 19.4 Å². The van der Waals surface area contributed by atoms with Gasteiger partial charge in [-0.15, -0.1) is 0 Å². The highest BCUT2D eigenvalue weighted by Gasteiger charge is 2.27. The van der Waals surface area contributed by atoms with Crippen LogP contribution in [0.25, 0.3) is 11.0 Å². The molecule has 0 spiro atoms. The first-order chi connectivity index (χ1) is 11.1. The van der Waals surface area contributed by atoms with Gasteiger partial charge in [-0.3, -0.25) is 0 Å². The molecule has 6 nitrogen and oxygen atoms in total. The normalized spacial score (nSPS) is 24.8. The van der Waals surface area contributed by atoms with Crippen LogP contribution in [0.2, 0.25) is 0 Å². The van der Waals surface area contributed by atoms with Crippen molar-refractivity contribution in [3.63, 3.8) is 0 Å². The summed E-state index contributed by atoms with van der Waals surface area (Å²) >= 11 is 0. The van der Waals surface area contributed by atoms with Gasteiger partial charge in [0.25, 0.3) is 0 Å². The van der Waals surface area contributed by atoms with E-state index in [2.05, 4.69) is 15.3 Å². The van der Waals surface area contributed by atoms with E-state index < -0.39 is 6.10 Å². The summed E-state index contributed by atoms with van der Waals surface area (Å²) in [4.78, 5) is 8.53. The van der Waals surface area contributed by atoms with E-state index in [-0.39, 0.29) is 24.4 Å². The summed E-state index contributed by atoms with van der Waals surface area (Å²) in [6.45, 7) is 0.266. The van der Waals surface area contributed by atoms with Crippen LogP contribution in [-0.2, 0) is 6.54 Å². The van der Waals surface area contributed by atoms with Gasteiger partial charge in [0.2, 0.25) is 5.88 Å². The van der Waals surface area contributed by atoms with E-state index in [0.29, 0.717) is 28.9 Å². The minimum Gasteiger partial charge on any atom is -0.480 e. The number of fused-ring (bicyclic) bond motifs is 1. The summed E-state index contributed by atoms with van der Waals surface area (Å²) in [5.41, 5.74) is 7.35. The van der Waals surface area contributed by atoms with E-state index in [0.717, 1.165) is 12.8 Å². The molecule has 0 amide bonds. The standard InChI is InChI=1S/C16H21FN4O2/c1-23-15-8-20-13-5-3-11(17)10(16(13)21-15)7-19-12-4-2-9(18)6-14(12)22/h3,5,8-9,12,14,19,22H,2,4,6-7,18H2,1H3/t9-,12-,14+/m0/s1. The Labute approximate surface area is 133 Å². The molecule has 2 aromatic rings. The molecule has 1 fully saturated rings. The van der Waals surface area contributed by atoms with Gasteiger partial charge in [0, 0.05) is 24.2 Å². The number of nitrogens with one attached hydrogen (secondary N) is 1. The average molecular weight is 320 g/mol. The number of aliphatic hydroxyl groups excluding tert-OH is 1. The molecule has 7 heteroatoms. The van der Waals surface area contributed by atoms with Crippen molar-refractivity contribution in [3.05, 3.63) is 29.7 Å². The minimum atomic E-state index is -0.516. The first kappa shape index (κ1) is 16.0. The second-order valence-electron chi connectivity index (χ2n) is 5.93. The zero-order valence-corrected chi connectivity index (χ0v) is 13.0. The van der Waals surface area contributed by atoms with Gasteiger partial charge in [0.1, 0.15) is 11.3 Å². The Hall–Kier alpha value is -1.83. The van der Waals surface area contributed by atoms with Crippen LogP contribution in [0.4, 0.5) is 4.39 Å². The topological polar surface area (TPSA) is 93.3 Å². The highest BCUT2D eigenvalue weighted by molar-refractivity contribution is 5.78. The Morgan fingerprint density at radius 1 is 1.43 bits per heavy atom. The van der Waals surface area contributed by atoms with Crippen molar-refractivity contribution < 1.29 is 14.2 Å². The quantitative estimate of drug-likeness (QED) is 0.781. The fourth-order valence-electron chi connectivity index (χ4n) is 3.01. The van der Waals surface area contributed by atoms with E-state index in [1.54, 1.807) is 6.07 Å². The van der Waals surface area contributed by atoms with Crippen molar-refractivity contribution in [2.24, 2.45) is 5.73 Å². The van der Waals surface area contributed by atoms with Gasteiger partial charge in [0.15, 0.2) is 0 Å². The first-order valence-electron chi connectivity index (χ1n) is 7.73. The summed E-state index contributed by atoms with van der Waals surface area (Å²) in [6, 6.07) is 2.92. The molecule has 0 saturated heterocycles. The molecule has 3 rings (SSSR count). The maximum Gasteiger partial charge on any atom is 0.232 e. The predicted molar refractivity (Wildman–Crippen MR) is 84.5 cm³/mol. The Bertz CT molecular complexity index is 697. The van der Waals surface area contributed by atoms with Gasteiger partial charge >= 0.3 is 0 Å². The monoisotopic (exact) mass is 320 g/mol. The number of benzene rings is 1. The molecule has 0 unspecified atom stereocenters. The zero-order valence-electron chi connectivity index (χ0n) is 13.0. The highest BCUT2D eigenvalue weighted by Crippen LogP contribution is 2.23. The second-order valence-corrected chi connectivity index (χ2v) is 5.93. The lowest BCUT2D eigenvalue weighted by atomic mass is 9.89. The molecule has 4 N–H and O–H groups in total. The third-order valence-electron chi connectivity index (χ3n) is 4.35. The van der Waals surface area contributed by atoms with Gasteiger partial charge < -0.3 is 20.9 Å². The number of methoxy groups -OCH3 is 1. The number of rotatable bonds is 4. The van der Waals surface area contributed by atoms with Crippen LogP contribution in [0.1, 0.15) is 24.8 Å². The van der Waals surface area contributed by atoms with Gasteiger partial charge in [-0.25, -0.2) is 14.4 Å². The molecular weight excluding hydrogens is 299 g/mol. The van der Waals surface area contributed by atoms with Crippen LogP contribution in [0.15, 0.2) is 18.3 Å². The largest absolute Gasteiger partial charge is 0.480 e. The maximum absolute atomic E-state index is 14.2. The molecule has 1 heterocycles. The lowest BCUT2D eigenvalue weighted by Gasteiger charge is -2.32. The number of hydrogen-bond acceptors (Lipinski definition) is 6. The molecule has 3 atom stereocenters. The number of nitrogens with two attached hydrogens (primary N) is 1. The van der Waals surface area contributed by atoms with Crippen LogP contribution in [0, 0.1) is 5.82 Å². The Morgan fingerprint density at radius 3 is 3.00 bits per heavy atom.